The topological polar surface area (TPSA) is 160 Å². The number of carbonyl (C=O) groups excluding carboxylic acids is 2. The number of ether oxygens (including phenoxy) is 2. The number of allylic oxidation sites excluding steroid dienone is 2. The number of fused-ring (bicyclic) bond motifs is 5. The Morgan fingerprint density at radius 3 is 2.37 bits per heavy atom. The highest BCUT2D eigenvalue weighted by Crippen LogP contribution is 2.64. The highest BCUT2D eigenvalue weighted by atomic mass is 35.5. The molecule has 4 heterocycles. The van der Waals surface area contributed by atoms with Crippen molar-refractivity contribution in [3.05, 3.63) is 89.6 Å². The maximum atomic E-state index is 14.1. The van der Waals surface area contributed by atoms with Crippen LogP contribution in [-0.4, -0.2) is 76.3 Å². The number of amides is 2. The third-order valence-electron chi connectivity index (χ3n) is 9.88. The van der Waals surface area contributed by atoms with Crippen molar-refractivity contribution >= 4 is 57.7 Å². The summed E-state index contributed by atoms with van der Waals surface area (Å²) in [5.41, 5.74) is -0.220. The summed E-state index contributed by atoms with van der Waals surface area (Å²) in [6.07, 6.45) is 1.28. The second-order valence-electron chi connectivity index (χ2n) is 12.3. The Balaban J connectivity index is 1.32. The Hall–Kier alpha value is -4.53. The maximum Gasteiger partial charge on any atom is 0.347 e. The summed E-state index contributed by atoms with van der Waals surface area (Å²) in [5, 5.41) is 11.2. The van der Waals surface area contributed by atoms with Gasteiger partial charge in [-0.3, -0.25) is 19.3 Å². The number of carbonyl (C=O) groups is 2. The van der Waals surface area contributed by atoms with E-state index in [9.17, 15) is 29.1 Å². The van der Waals surface area contributed by atoms with Crippen molar-refractivity contribution in [1.82, 2.24) is 28.4 Å². The van der Waals surface area contributed by atoms with Crippen LogP contribution in [0.2, 0.25) is 5.02 Å². The number of aromatic hydroxyl groups is 1. The van der Waals surface area contributed by atoms with E-state index in [0.29, 0.717) is 28.1 Å². The Kier molecular flexibility index (Phi) is 7.58. The van der Waals surface area contributed by atoms with Gasteiger partial charge in [-0.25, -0.2) is 28.5 Å². The van der Waals surface area contributed by atoms with Gasteiger partial charge in [-0.2, -0.15) is 0 Å². The van der Waals surface area contributed by atoms with Gasteiger partial charge in [-0.05, 0) is 23.8 Å². The zero-order chi connectivity index (χ0) is 35.3. The highest BCUT2D eigenvalue weighted by Gasteiger charge is 2.75. The van der Waals surface area contributed by atoms with E-state index in [1.54, 1.807) is 25.3 Å². The quantitative estimate of drug-likeness (QED) is 0.178. The van der Waals surface area contributed by atoms with Crippen LogP contribution in [0.25, 0.3) is 11.0 Å². The number of benzene rings is 2. The molecule has 2 aromatic heterocycles. The van der Waals surface area contributed by atoms with Gasteiger partial charge in [0.05, 0.1) is 37.8 Å². The van der Waals surface area contributed by atoms with Crippen molar-refractivity contribution in [3.8, 4) is 17.2 Å². The van der Waals surface area contributed by atoms with Crippen molar-refractivity contribution in [1.29, 1.82) is 0 Å². The summed E-state index contributed by atoms with van der Waals surface area (Å²) in [6.45, 7) is -0.291. The molecule has 17 heteroatoms. The summed E-state index contributed by atoms with van der Waals surface area (Å²) in [7, 11) is 5.80. The lowest BCUT2D eigenvalue weighted by Gasteiger charge is -2.49. The number of aromatic nitrogens is 5. The number of hydrogen-bond acceptors (Lipinski definition) is 9. The predicted octanol–water partition coefficient (Wildman–Crippen LogP) is 2.30. The number of hydrogen-bond donors (Lipinski definition) is 1. The zero-order valence-electron chi connectivity index (χ0n) is 26.6. The van der Waals surface area contributed by atoms with Gasteiger partial charge in [-0.15, -0.1) is 23.2 Å². The molecule has 1 saturated heterocycles. The van der Waals surface area contributed by atoms with Crippen molar-refractivity contribution < 1.29 is 24.2 Å². The average Bonchev–Trinajstić information content (AvgIpc) is 3.40. The second-order valence-corrected chi connectivity index (χ2v) is 13.9. The van der Waals surface area contributed by atoms with Gasteiger partial charge in [0.25, 0.3) is 17.4 Å². The van der Waals surface area contributed by atoms with Crippen LogP contribution in [0.1, 0.15) is 29.6 Å². The number of aryl methyl sites for hydroxylation is 2. The SMILES string of the molecule is COc1cc2nc(CCn3c(=O)n4n(c3=O)[C@@H]3C[C@@]5(Cl)C(=O)N(C)C(=O)[C@@]5(Cl)[C@@H](c5cc(Cl)ccc5O)C3=CC4)c(=O)n(C)c2cc1OC. The molecule has 7 rings (SSSR count). The standard InChI is InChI=1S/C32H29Cl3N6O8/c1-37-20-13-24(49-4)23(48-3)12-19(20)36-18(26(37)43)8-9-39-29(46)40-10-7-16-21(41(40)30(39)47)14-31(34)27(44)38(2)28(45)32(31,35)25(16)17-11-15(33)5-6-22(17)42/h5-7,11-13,21,25,42H,8-10,14H2,1-4H3/t21-,25-,31-,32+/m1/s1. The highest BCUT2D eigenvalue weighted by molar-refractivity contribution is 6.53. The fourth-order valence-electron chi connectivity index (χ4n) is 7.44. The lowest BCUT2D eigenvalue weighted by Crippen LogP contribution is -2.59. The van der Waals surface area contributed by atoms with E-state index >= 15 is 0 Å². The van der Waals surface area contributed by atoms with Crippen LogP contribution in [0.4, 0.5) is 0 Å². The molecule has 256 valence electrons. The normalized spacial score (nSPS) is 24.5. The molecule has 2 aromatic carbocycles. The summed E-state index contributed by atoms with van der Waals surface area (Å²) in [5.74, 6) is -2.18. The molecule has 1 N–H and O–H groups in total. The molecule has 0 radical (unpaired) electrons. The molecule has 49 heavy (non-hydrogen) atoms. The molecule has 1 saturated carbocycles. The third kappa shape index (κ3) is 4.39. The molecule has 2 aliphatic heterocycles. The minimum Gasteiger partial charge on any atom is -0.508 e. The molecule has 0 bridgehead atoms. The number of halogens is 3. The summed E-state index contributed by atoms with van der Waals surface area (Å²) in [4.78, 5) is 69.7. The van der Waals surface area contributed by atoms with Crippen molar-refractivity contribution in [2.24, 2.45) is 7.05 Å². The first-order chi connectivity index (χ1) is 23.2. The molecule has 0 unspecified atom stereocenters. The van der Waals surface area contributed by atoms with E-state index in [2.05, 4.69) is 4.98 Å². The van der Waals surface area contributed by atoms with Crippen molar-refractivity contribution in [2.75, 3.05) is 21.3 Å². The molecule has 2 amide bonds. The van der Waals surface area contributed by atoms with Crippen LogP contribution < -0.4 is 26.4 Å². The molecule has 14 nitrogen and oxygen atoms in total. The van der Waals surface area contributed by atoms with E-state index in [4.69, 9.17) is 44.3 Å². The second kappa shape index (κ2) is 11.3. The summed E-state index contributed by atoms with van der Waals surface area (Å²) < 4.78 is 15.5. The number of rotatable bonds is 6. The van der Waals surface area contributed by atoms with E-state index in [1.807, 2.05) is 0 Å². The molecule has 4 atom stereocenters. The number of likely N-dealkylation sites (tertiary alicyclic amines) is 1. The van der Waals surface area contributed by atoms with Crippen LogP contribution in [0.3, 0.4) is 0 Å². The molecular formula is C32H29Cl3N6O8. The number of nitrogens with zero attached hydrogens (tertiary/aromatic N) is 6. The van der Waals surface area contributed by atoms with Gasteiger partial charge in [-0.1, -0.05) is 17.7 Å². The minimum absolute atomic E-state index is 0.0674. The van der Waals surface area contributed by atoms with E-state index in [0.717, 1.165) is 9.47 Å². The summed E-state index contributed by atoms with van der Waals surface area (Å²) in [6, 6.07) is 6.47. The molecule has 0 spiro atoms. The maximum absolute atomic E-state index is 14.1. The van der Waals surface area contributed by atoms with Gasteiger partial charge in [0.2, 0.25) is 0 Å². The van der Waals surface area contributed by atoms with Crippen LogP contribution in [0, 0.1) is 0 Å². The Labute approximate surface area is 292 Å². The first kappa shape index (κ1) is 33.0. The molecular weight excluding hydrogens is 703 g/mol. The largest absolute Gasteiger partial charge is 0.508 e. The summed E-state index contributed by atoms with van der Waals surface area (Å²) >= 11 is 20.6. The lowest BCUT2D eigenvalue weighted by atomic mass is 9.64. The van der Waals surface area contributed by atoms with E-state index < -0.39 is 50.5 Å². The van der Waals surface area contributed by atoms with Gasteiger partial charge >= 0.3 is 11.4 Å². The van der Waals surface area contributed by atoms with Crippen LogP contribution in [0.15, 0.2) is 56.4 Å². The fraction of sp³-hybridized carbons (Fsp3) is 0.375. The third-order valence-corrected chi connectivity index (χ3v) is 11.5. The smallest absolute Gasteiger partial charge is 0.347 e. The monoisotopic (exact) mass is 730 g/mol. The van der Waals surface area contributed by atoms with Gasteiger partial charge in [0.15, 0.2) is 21.2 Å². The first-order valence-corrected chi connectivity index (χ1v) is 16.3. The number of imide groups is 1. The Morgan fingerprint density at radius 2 is 1.67 bits per heavy atom. The van der Waals surface area contributed by atoms with Crippen LogP contribution >= 0.6 is 34.8 Å². The first-order valence-electron chi connectivity index (χ1n) is 15.1. The molecule has 2 fully saturated rings. The van der Waals surface area contributed by atoms with Gasteiger partial charge < -0.3 is 19.1 Å². The number of alkyl halides is 2. The van der Waals surface area contributed by atoms with E-state index in [1.165, 1.54) is 53.4 Å². The van der Waals surface area contributed by atoms with Crippen molar-refractivity contribution in [3.63, 3.8) is 0 Å². The van der Waals surface area contributed by atoms with Crippen LogP contribution in [0.5, 0.6) is 17.2 Å². The number of methoxy groups -OCH3 is 2. The zero-order valence-corrected chi connectivity index (χ0v) is 28.8. The Morgan fingerprint density at radius 1 is 0.980 bits per heavy atom. The lowest BCUT2D eigenvalue weighted by molar-refractivity contribution is -0.137. The predicted molar refractivity (Wildman–Crippen MR) is 179 cm³/mol. The fourth-order valence-corrected chi connectivity index (χ4v) is 8.61. The van der Waals surface area contributed by atoms with Gasteiger partial charge in [0, 0.05) is 62.1 Å². The van der Waals surface area contributed by atoms with E-state index in [-0.39, 0.29) is 48.0 Å². The van der Waals surface area contributed by atoms with Gasteiger partial charge in [0.1, 0.15) is 11.4 Å². The molecule has 1 aliphatic carbocycles. The number of phenols is 1. The minimum atomic E-state index is -2.09. The van der Waals surface area contributed by atoms with Crippen LogP contribution in [-0.2, 0) is 36.1 Å². The average molecular weight is 732 g/mol. The molecule has 4 aromatic rings. The Bertz CT molecular complexity index is 2340. The number of phenolic OH excluding ortho intramolecular Hbond substituents is 1. The molecule has 3 aliphatic rings. The van der Waals surface area contributed by atoms with Crippen molar-refractivity contribution in [2.45, 2.75) is 47.6 Å².